The van der Waals surface area contributed by atoms with Crippen LogP contribution in [0.3, 0.4) is 0 Å². The van der Waals surface area contributed by atoms with Gasteiger partial charge in [0, 0.05) is 63.2 Å². The first-order valence-electron chi connectivity index (χ1n) is 9.32. The Balaban J connectivity index is 0.00000196. The van der Waals surface area contributed by atoms with Gasteiger partial charge in [-0.15, -0.1) is 24.8 Å². The van der Waals surface area contributed by atoms with Gasteiger partial charge in [-0.3, -0.25) is 14.5 Å². The summed E-state index contributed by atoms with van der Waals surface area (Å²) in [5.74, 6) is 2.43. The fraction of sp³-hybridized carbons (Fsp3) is 0.579. The first-order valence-corrected chi connectivity index (χ1v) is 10.5. The van der Waals surface area contributed by atoms with Gasteiger partial charge in [0.25, 0.3) is 0 Å². The minimum absolute atomic E-state index is 0. The second kappa shape index (κ2) is 13.3. The van der Waals surface area contributed by atoms with Crippen LogP contribution < -0.4 is 10.6 Å². The predicted molar refractivity (Wildman–Crippen MR) is 120 cm³/mol. The summed E-state index contributed by atoms with van der Waals surface area (Å²) < 4.78 is 0. The molecule has 0 aromatic heterocycles. The molecule has 0 radical (unpaired) electrons. The summed E-state index contributed by atoms with van der Waals surface area (Å²) in [6, 6.07) is 10.2. The predicted octanol–water partition coefficient (Wildman–Crippen LogP) is 1.39. The highest BCUT2D eigenvalue weighted by molar-refractivity contribution is 7.99. The van der Waals surface area contributed by atoms with Gasteiger partial charge in [-0.05, 0) is 5.56 Å². The molecule has 3 rings (SSSR count). The van der Waals surface area contributed by atoms with Gasteiger partial charge in [0.1, 0.15) is 0 Å². The third-order valence-electron chi connectivity index (χ3n) is 4.84. The maximum absolute atomic E-state index is 12.4. The highest BCUT2D eigenvalue weighted by Crippen LogP contribution is 2.12. The number of nitrogens with one attached hydrogen (secondary N) is 2. The van der Waals surface area contributed by atoms with Crippen LogP contribution in [-0.2, 0) is 16.1 Å². The van der Waals surface area contributed by atoms with E-state index >= 15 is 0 Å². The number of halogens is 2. The second-order valence-corrected chi connectivity index (χ2v) is 8.00. The third kappa shape index (κ3) is 8.17. The van der Waals surface area contributed by atoms with Crippen molar-refractivity contribution in [3.05, 3.63) is 35.9 Å². The third-order valence-corrected chi connectivity index (χ3v) is 5.98. The van der Waals surface area contributed by atoms with E-state index in [4.69, 9.17) is 0 Å². The van der Waals surface area contributed by atoms with Crippen molar-refractivity contribution < 1.29 is 9.59 Å². The number of hydrogen-bond donors (Lipinski definition) is 2. The average molecular weight is 449 g/mol. The molecule has 2 saturated heterocycles. The molecule has 2 fully saturated rings. The van der Waals surface area contributed by atoms with Crippen LogP contribution in [0.5, 0.6) is 0 Å². The van der Waals surface area contributed by atoms with E-state index in [1.807, 2.05) is 47.0 Å². The maximum atomic E-state index is 12.4. The van der Waals surface area contributed by atoms with Crippen molar-refractivity contribution in [2.45, 2.75) is 19.0 Å². The topological polar surface area (TPSA) is 64.7 Å². The van der Waals surface area contributed by atoms with E-state index in [2.05, 4.69) is 15.5 Å². The lowest BCUT2D eigenvalue weighted by Gasteiger charge is -2.35. The van der Waals surface area contributed by atoms with E-state index in [0.717, 1.165) is 36.7 Å². The average Bonchev–Trinajstić information content (AvgIpc) is 2.68. The Morgan fingerprint density at radius 1 is 1.11 bits per heavy atom. The van der Waals surface area contributed by atoms with Crippen molar-refractivity contribution in [2.24, 2.45) is 0 Å². The van der Waals surface area contributed by atoms with Gasteiger partial charge in [0.05, 0.1) is 6.54 Å². The van der Waals surface area contributed by atoms with Gasteiger partial charge in [0.15, 0.2) is 0 Å². The monoisotopic (exact) mass is 448 g/mol. The van der Waals surface area contributed by atoms with Crippen LogP contribution in [0.15, 0.2) is 30.3 Å². The SMILES string of the molecule is Cl.Cl.O=C(CN1CCN(C(=O)CC2CSCCN2)CC1)NCc1ccccc1. The summed E-state index contributed by atoms with van der Waals surface area (Å²) in [4.78, 5) is 28.6. The molecule has 0 spiro atoms. The van der Waals surface area contributed by atoms with Crippen LogP contribution in [0.4, 0.5) is 0 Å². The second-order valence-electron chi connectivity index (χ2n) is 6.85. The van der Waals surface area contributed by atoms with Crippen molar-refractivity contribution in [3.8, 4) is 0 Å². The molecule has 9 heteroatoms. The fourth-order valence-corrected chi connectivity index (χ4v) is 4.25. The number of piperazine rings is 1. The smallest absolute Gasteiger partial charge is 0.234 e. The van der Waals surface area contributed by atoms with Gasteiger partial charge in [-0.1, -0.05) is 30.3 Å². The van der Waals surface area contributed by atoms with Crippen LogP contribution in [0, 0.1) is 0 Å². The van der Waals surface area contributed by atoms with E-state index in [1.54, 1.807) is 0 Å². The zero-order valence-corrected chi connectivity index (χ0v) is 18.4. The van der Waals surface area contributed by atoms with Gasteiger partial charge >= 0.3 is 0 Å². The van der Waals surface area contributed by atoms with Crippen molar-refractivity contribution in [1.82, 2.24) is 20.4 Å². The Morgan fingerprint density at radius 2 is 1.82 bits per heavy atom. The van der Waals surface area contributed by atoms with Gasteiger partial charge in [-0.25, -0.2) is 0 Å². The molecule has 2 aliphatic heterocycles. The lowest BCUT2D eigenvalue weighted by atomic mass is 10.2. The van der Waals surface area contributed by atoms with Gasteiger partial charge < -0.3 is 15.5 Å². The zero-order chi connectivity index (χ0) is 18.2. The van der Waals surface area contributed by atoms with Crippen LogP contribution in [0.1, 0.15) is 12.0 Å². The first kappa shape index (κ1) is 25.0. The van der Waals surface area contributed by atoms with E-state index < -0.39 is 0 Å². The largest absolute Gasteiger partial charge is 0.351 e. The van der Waals surface area contributed by atoms with Crippen molar-refractivity contribution >= 4 is 48.4 Å². The Labute approximate surface area is 184 Å². The minimum atomic E-state index is 0. The number of amides is 2. The molecule has 6 nitrogen and oxygen atoms in total. The summed E-state index contributed by atoms with van der Waals surface area (Å²) in [5.41, 5.74) is 1.10. The number of thioether (sulfide) groups is 1. The molecule has 28 heavy (non-hydrogen) atoms. The minimum Gasteiger partial charge on any atom is -0.351 e. The number of hydrogen-bond acceptors (Lipinski definition) is 5. The molecule has 2 N–H and O–H groups in total. The standard InChI is InChI=1S/C19H28N4O2S.2ClH/c24-18(21-13-16-4-2-1-3-5-16)14-22-7-9-23(10-8-22)19(25)12-17-15-26-11-6-20-17;;/h1-5,17,20H,6-15H2,(H,21,24);2*1H. The lowest BCUT2D eigenvalue weighted by molar-refractivity contribution is -0.133. The molecule has 0 bridgehead atoms. The van der Waals surface area contributed by atoms with Crippen molar-refractivity contribution in [1.29, 1.82) is 0 Å². The lowest BCUT2D eigenvalue weighted by Crippen LogP contribution is -2.52. The van der Waals surface area contributed by atoms with Crippen LogP contribution in [0.25, 0.3) is 0 Å². The molecule has 1 atom stereocenters. The molecule has 0 saturated carbocycles. The van der Waals surface area contributed by atoms with E-state index in [0.29, 0.717) is 38.6 Å². The molecule has 2 amide bonds. The van der Waals surface area contributed by atoms with Crippen molar-refractivity contribution in [2.75, 3.05) is 50.8 Å². The number of benzene rings is 1. The molecule has 0 aliphatic carbocycles. The van der Waals surface area contributed by atoms with Gasteiger partial charge in [-0.2, -0.15) is 11.8 Å². The van der Waals surface area contributed by atoms with Crippen molar-refractivity contribution in [3.63, 3.8) is 0 Å². The van der Waals surface area contributed by atoms with E-state index in [1.165, 1.54) is 0 Å². The summed E-state index contributed by atoms with van der Waals surface area (Å²) >= 11 is 1.92. The summed E-state index contributed by atoms with van der Waals surface area (Å²) in [6.07, 6.45) is 0.588. The molecule has 158 valence electrons. The number of carbonyl (C=O) groups is 2. The molecular formula is C19H30Cl2N4O2S. The van der Waals surface area contributed by atoms with Gasteiger partial charge in [0.2, 0.25) is 11.8 Å². The van der Waals surface area contributed by atoms with E-state index in [-0.39, 0.29) is 36.6 Å². The molecular weight excluding hydrogens is 419 g/mol. The number of carbonyl (C=O) groups excluding carboxylic acids is 2. The summed E-state index contributed by atoms with van der Waals surface area (Å²) in [5, 5.41) is 6.38. The highest BCUT2D eigenvalue weighted by atomic mass is 35.5. The molecule has 1 aromatic rings. The quantitative estimate of drug-likeness (QED) is 0.687. The number of nitrogens with zero attached hydrogens (tertiary/aromatic N) is 2. The Morgan fingerprint density at radius 3 is 2.46 bits per heavy atom. The molecule has 1 unspecified atom stereocenters. The molecule has 2 heterocycles. The van der Waals surface area contributed by atoms with Crippen LogP contribution in [0.2, 0.25) is 0 Å². The Bertz CT molecular complexity index is 595. The van der Waals surface area contributed by atoms with Crippen LogP contribution >= 0.6 is 36.6 Å². The first-order chi connectivity index (χ1) is 12.7. The Kier molecular flexibility index (Phi) is 11.9. The van der Waals surface area contributed by atoms with Crippen LogP contribution in [-0.4, -0.2) is 78.4 Å². The normalized spacial score (nSPS) is 19.9. The summed E-state index contributed by atoms with van der Waals surface area (Å²) in [6.45, 7) is 4.90. The van der Waals surface area contributed by atoms with E-state index in [9.17, 15) is 9.59 Å². The fourth-order valence-electron chi connectivity index (χ4n) is 3.30. The molecule has 1 aromatic carbocycles. The highest BCUT2D eigenvalue weighted by Gasteiger charge is 2.25. The zero-order valence-electron chi connectivity index (χ0n) is 16.0. The summed E-state index contributed by atoms with van der Waals surface area (Å²) in [7, 11) is 0. The maximum Gasteiger partial charge on any atom is 0.234 e. The molecule has 2 aliphatic rings. The Hall–Kier alpha value is -0.990. The number of rotatable bonds is 6.